The molecule has 0 aromatic rings. The highest BCUT2D eigenvalue weighted by atomic mass is 35.5. The van der Waals surface area contributed by atoms with E-state index in [9.17, 15) is 4.79 Å². The van der Waals surface area contributed by atoms with E-state index < -0.39 is 0 Å². The second-order valence-electron chi connectivity index (χ2n) is 4.25. The lowest BCUT2D eigenvalue weighted by molar-refractivity contribution is -0.114. The highest BCUT2D eigenvalue weighted by molar-refractivity contribution is 5.85. The van der Waals surface area contributed by atoms with E-state index in [-0.39, 0.29) is 12.4 Å². The van der Waals surface area contributed by atoms with Crippen molar-refractivity contribution in [2.75, 3.05) is 13.1 Å². The fourth-order valence-corrected chi connectivity index (χ4v) is 2.92. The minimum atomic E-state index is 0. The summed E-state index contributed by atoms with van der Waals surface area (Å²) in [6.45, 7) is 2.23. The molecule has 0 amide bonds. The first-order valence-corrected chi connectivity index (χ1v) is 5.03. The summed E-state index contributed by atoms with van der Waals surface area (Å²) in [6.07, 6.45) is 7.34. The molecule has 1 spiro atoms. The normalized spacial score (nSPS) is 31.2. The molecule has 1 unspecified atom stereocenters. The first kappa shape index (κ1) is 11.0. The second-order valence-corrected chi connectivity index (χ2v) is 4.25. The van der Waals surface area contributed by atoms with Crippen molar-refractivity contribution >= 4 is 18.7 Å². The van der Waals surface area contributed by atoms with E-state index in [4.69, 9.17) is 0 Å². The van der Waals surface area contributed by atoms with Gasteiger partial charge in [-0.3, -0.25) is 0 Å². The summed E-state index contributed by atoms with van der Waals surface area (Å²) >= 11 is 0. The van der Waals surface area contributed by atoms with Crippen LogP contribution in [0.3, 0.4) is 0 Å². The first-order chi connectivity index (χ1) is 5.87. The Labute approximate surface area is 85.9 Å². The van der Waals surface area contributed by atoms with Crippen molar-refractivity contribution in [3.05, 3.63) is 0 Å². The quantitative estimate of drug-likeness (QED) is 0.659. The highest BCUT2D eigenvalue weighted by Crippen LogP contribution is 2.48. The van der Waals surface area contributed by atoms with E-state index in [2.05, 4.69) is 5.32 Å². The smallest absolute Gasteiger partial charge is 0.123 e. The van der Waals surface area contributed by atoms with Crippen LogP contribution in [0.4, 0.5) is 0 Å². The molecule has 0 bridgehead atoms. The van der Waals surface area contributed by atoms with Gasteiger partial charge in [0.2, 0.25) is 0 Å². The van der Waals surface area contributed by atoms with Gasteiger partial charge in [0.1, 0.15) is 6.29 Å². The summed E-state index contributed by atoms with van der Waals surface area (Å²) in [7, 11) is 0. The maximum Gasteiger partial charge on any atom is 0.123 e. The van der Waals surface area contributed by atoms with E-state index in [0.29, 0.717) is 11.3 Å². The predicted octanol–water partition coefficient (Wildman–Crippen LogP) is 1.78. The first-order valence-electron chi connectivity index (χ1n) is 5.03. The minimum Gasteiger partial charge on any atom is -0.317 e. The maximum absolute atomic E-state index is 10.9. The van der Waals surface area contributed by atoms with Crippen LogP contribution in [0.25, 0.3) is 0 Å². The van der Waals surface area contributed by atoms with Gasteiger partial charge in [0, 0.05) is 5.92 Å². The molecular weight excluding hydrogens is 186 g/mol. The Hall–Kier alpha value is -0.0800. The van der Waals surface area contributed by atoms with E-state index in [1.54, 1.807) is 0 Å². The second kappa shape index (κ2) is 4.43. The molecule has 13 heavy (non-hydrogen) atoms. The molecule has 1 atom stereocenters. The van der Waals surface area contributed by atoms with E-state index in [1.165, 1.54) is 32.0 Å². The molecule has 0 aromatic carbocycles. The summed E-state index contributed by atoms with van der Waals surface area (Å²) in [4.78, 5) is 10.9. The topological polar surface area (TPSA) is 29.1 Å². The van der Waals surface area contributed by atoms with Crippen molar-refractivity contribution in [1.29, 1.82) is 0 Å². The molecule has 1 N–H and O–H groups in total. The Balaban J connectivity index is 0.000000845. The van der Waals surface area contributed by atoms with Gasteiger partial charge in [-0.15, -0.1) is 12.4 Å². The summed E-state index contributed by atoms with van der Waals surface area (Å²) in [5.41, 5.74) is 0.410. The van der Waals surface area contributed by atoms with Crippen LogP contribution >= 0.6 is 12.4 Å². The zero-order valence-corrected chi connectivity index (χ0v) is 8.74. The van der Waals surface area contributed by atoms with Crippen LogP contribution in [-0.4, -0.2) is 19.4 Å². The number of piperidine rings is 1. The van der Waals surface area contributed by atoms with Crippen LogP contribution < -0.4 is 5.32 Å². The number of carbonyl (C=O) groups is 1. The molecule has 1 saturated heterocycles. The number of halogens is 1. The van der Waals surface area contributed by atoms with Crippen molar-refractivity contribution in [1.82, 2.24) is 5.32 Å². The Kier molecular flexibility index (Phi) is 3.74. The van der Waals surface area contributed by atoms with Crippen LogP contribution in [0, 0.1) is 11.3 Å². The van der Waals surface area contributed by atoms with Crippen LogP contribution in [0.15, 0.2) is 0 Å². The van der Waals surface area contributed by atoms with Gasteiger partial charge >= 0.3 is 0 Å². The molecule has 0 aromatic heterocycles. The Morgan fingerprint density at radius 3 is 2.54 bits per heavy atom. The van der Waals surface area contributed by atoms with E-state index in [1.807, 2.05) is 0 Å². The van der Waals surface area contributed by atoms with Gasteiger partial charge < -0.3 is 10.1 Å². The highest BCUT2D eigenvalue weighted by Gasteiger charge is 2.42. The summed E-state index contributed by atoms with van der Waals surface area (Å²) in [5, 5.41) is 3.36. The molecule has 1 saturated carbocycles. The zero-order valence-electron chi connectivity index (χ0n) is 7.92. The van der Waals surface area contributed by atoms with Crippen LogP contribution in [0.2, 0.25) is 0 Å². The fourth-order valence-electron chi connectivity index (χ4n) is 2.92. The van der Waals surface area contributed by atoms with Crippen molar-refractivity contribution < 1.29 is 4.79 Å². The van der Waals surface area contributed by atoms with Gasteiger partial charge in [0.25, 0.3) is 0 Å². The van der Waals surface area contributed by atoms with Gasteiger partial charge in [0.05, 0.1) is 0 Å². The maximum atomic E-state index is 10.9. The minimum absolute atomic E-state index is 0. The number of hydrogen-bond donors (Lipinski definition) is 1. The van der Waals surface area contributed by atoms with Gasteiger partial charge in [-0.2, -0.15) is 0 Å². The lowest BCUT2D eigenvalue weighted by Gasteiger charge is -2.37. The SMILES string of the molecule is Cl.O=CC1CCCC12CCNCC2. The van der Waals surface area contributed by atoms with E-state index in [0.717, 1.165) is 19.5 Å². The molecule has 0 radical (unpaired) electrons. The van der Waals surface area contributed by atoms with E-state index >= 15 is 0 Å². The monoisotopic (exact) mass is 203 g/mol. The molecule has 2 aliphatic rings. The van der Waals surface area contributed by atoms with Crippen LogP contribution in [0.1, 0.15) is 32.1 Å². The number of nitrogens with one attached hydrogen (secondary N) is 1. The third kappa shape index (κ3) is 1.89. The Morgan fingerprint density at radius 2 is 1.92 bits per heavy atom. The van der Waals surface area contributed by atoms with Crippen LogP contribution in [-0.2, 0) is 4.79 Å². The van der Waals surface area contributed by atoms with Crippen LogP contribution in [0.5, 0.6) is 0 Å². The molecular formula is C10H18ClNO. The van der Waals surface area contributed by atoms with Gasteiger partial charge in [-0.05, 0) is 44.2 Å². The average Bonchev–Trinajstić information content (AvgIpc) is 2.49. The molecule has 2 rings (SSSR count). The zero-order chi connectivity index (χ0) is 8.44. The number of aldehydes is 1. The average molecular weight is 204 g/mol. The van der Waals surface area contributed by atoms with Gasteiger partial charge in [-0.1, -0.05) is 6.42 Å². The van der Waals surface area contributed by atoms with Crippen molar-refractivity contribution in [2.45, 2.75) is 32.1 Å². The molecule has 1 heterocycles. The summed E-state index contributed by atoms with van der Waals surface area (Å²) in [5.74, 6) is 0.375. The molecule has 2 nitrogen and oxygen atoms in total. The number of rotatable bonds is 1. The summed E-state index contributed by atoms with van der Waals surface area (Å²) < 4.78 is 0. The van der Waals surface area contributed by atoms with Gasteiger partial charge in [0.15, 0.2) is 0 Å². The summed E-state index contributed by atoms with van der Waals surface area (Å²) in [6, 6.07) is 0. The fraction of sp³-hybridized carbons (Fsp3) is 0.900. The Bertz CT molecular complexity index is 178. The molecule has 3 heteroatoms. The third-order valence-corrected chi connectivity index (χ3v) is 3.74. The third-order valence-electron chi connectivity index (χ3n) is 3.74. The van der Waals surface area contributed by atoms with Crippen molar-refractivity contribution in [3.63, 3.8) is 0 Å². The van der Waals surface area contributed by atoms with Crippen molar-refractivity contribution in [3.8, 4) is 0 Å². The lowest BCUT2D eigenvalue weighted by Crippen LogP contribution is -2.39. The standard InChI is InChI=1S/C10H17NO.ClH/c12-8-9-2-1-3-10(9)4-6-11-7-5-10;/h8-9,11H,1-7H2;1H. The lowest BCUT2D eigenvalue weighted by atomic mass is 9.71. The molecule has 2 fully saturated rings. The van der Waals surface area contributed by atoms with Crippen molar-refractivity contribution in [2.24, 2.45) is 11.3 Å². The predicted molar refractivity (Wildman–Crippen MR) is 55.2 cm³/mol. The molecule has 1 aliphatic carbocycles. The van der Waals surface area contributed by atoms with Gasteiger partial charge in [-0.25, -0.2) is 0 Å². The largest absolute Gasteiger partial charge is 0.317 e. The number of carbonyl (C=O) groups excluding carboxylic acids is 1. The molecule has 1 aliphatic heterocycles. The Morgan fingerprint density at radius 1 is 1.23 bits per heavy atom. The molecule has 76 valence electrons. The number of hydrogen-bond acceptors (Lipinski definition) is 2.